The van der Waals surface area contributed by atoms with Crippen molar-refractivity contribution < 1.29 is 13.2 Å². The number of benzene rings is 1. The van der Waals surface area contributed by atoms with Crippen molar-refractivity contribution >= 4 is 44.7 Å². The van der Waals surface area contributed by atoms with Crippen LogP contribution in [0.4, 0.5) is 5.69 Å². The molecule has 0 spiro atoms. The summed E-state index contributed by atoms with van der Waals surface area (Å²) < 4.78 is 28.8. The highest BCUT2D eigenvalue weighted by Crippen LogP contribution is 2.38. The Morgan fingerprint density at radius 2 is 2.00 bits per heavy atom. The van der Waals surface area contributed by atoms with Gasteiger partial charge >= 0.3 is 0 Å². The molecule has 2 heterocycles. The Bertz CT molecular complexity index is 951. The molecule has 28 heavy (non-hydrogen) atoms. The quantitative estimate of drug-likeness (QED) is 0.737. The number of thioether (sulfide) groups is 1. The Labute approximate surface area is 174 Å². The number of sulfonamides is 1. The molecule has 0 radical (unpaired) electrons. The number of anilines is 1. The average molecular weight is 437 g/mol. The molecule has 1 saturated carbocycles. The molecule has 5 nitrogen and oxygen atoms in total. The zero-order valence-electron chi connectivity index (χ0n) is 15.8. The minimum atomic E-state index is -3.66. The summed E-state index contributed by atoms with van der Waals surface area (Å²) in [5.41, 5.74) is 0.600. The van der Waals surface area contributed by atoms with Crippen molar-refractivity contribution in [3.8, 4) is 0 Å². The summed E-state index contributed by atoms with van der Waals surface area (Å²) in [6.45, 7) is 2.41. The number of carbonyl (C=O) groups is 1. The number of hydrogen-bond donors (Lipinski definition) is 1. The summed E-state index contributed by atoms with van der Waals surface area (Å²) in [6, 6.07) is 9.11. The van der Waals surface area contributed by atoms with Crippen LogP contribution in [0.25, 0.3) is 0 Å². The minimum Gasteiger partial charge on any atom is -0.325 e. The fourth-order valence-corrected chi connectivity index (χ4v) is 7.41. The molecule has 1 amide bonds. The molecule has 0 bridgehead atoms. The van der Waals surface area contributed by atoms with Crippen LogP contribution in [0.5, 0.6) is 0 Å². The van der Waals surface area contributed by atoms with E-state index in [9.17, 15) is 13.2 Å². The van der Waals surface area contributed by atoms with Gasteiger partial charge in [-0.05, 0) is 42.5 Å². The van der Waals surface area contributed by atoms with Gasteiger partial charge < -0.3 is 5.32 Å². The maximum atomic E-state index is 13.6. The molecule has 0 unspecified atom stereocenters. The Kier molecular flexibility index (Phi) is 5.83. The fraction of sp³-hybridized carbons (Fsp3) is 0.450. The van der Waals surface area contributed by atoms with Gasteiger partial charge in [0.15, 0.2) is 0 Å². The molecule has 2 aromatic rings. The van der Waals surface area contributed by atoms with Crippen LogP contribution >= 0.6 is 23.1 Å². The first-order chi connectivity index (χ1) is 13.4. The van der Waals surface area contributed by atoms with Crippen LogP contribution in [0.1, 0.15) is 43.9 Å². The van der Waals surface area contributed by atoms with E-state index in [0.717, 1.165) is 35.5 Å². The molecular formula is C20H24N2O3S3. The summed E-state index contributed by atoms with van der Waals surface area (Å²) >= 11 is 3.18. The predicted octanol–water partition coefficient (Wildman–Crippen LogP) is 4.70. The molecule has 1 aromatic carbocycles. The maximum absolute atomic E-state index is 13.6. The van der Waals surface area contributed by atoms with E-state index in [0.29, 0.717) is 18.7 Å². The summed E-state index contributed by atoms with van der Waals surface area (Å²) in [5.74, 6) is -0.0699. The smallest absolute Gasteiger partial charge is 0.243 e. The van der Waals surface area contributed by atoms with Crippen LogP contribution in [-0.2, 0) is 21.4 Å². The van der Waals surface area contributed by atoms with Crippen LogP contribution in [0.3, 0.4) is 0 Å². The van der Waals surface area contributed by atoms with Crippen molar-refractivity contribution in [2.45, 2.75) is 66.7 Å². The van der Waals surface area contributed by atoms with Crippen LogP contribution < -0.4 is 5.32 Å². The summed E-state index contributed by atoms with van der Waals surface area (Å²) in [5, 5.41) is 5.02. The first-order valence-electron chi connectivity index (χ1n) is 9.58. The van der Waals surface area contributed by atoms with Crippen molar-refractivity contribution in [2.24, 2.45) is 0 Å². The molecule has 1 aliphatic carbocycles. The first kappa shape index (κ1) is 19.9. The lowest BCUT2D eigenvalue weighted by Gasteiger charge is -2.28. The molecule has 1 N–H and O–H groups in total. The van der Waals surface area contributed by atoms with Crippen molar-refractivity contribution in [3.63, 3.8) is 0 Å². The van der Waals surface area contributed by atoms with Gasteiger partial charge in [0.2, 0.25) is 15.9 Å². The Morgan fingerprint density at radius 1 is 1.21 bits per heavy atom. The molecule has 8 heteroatoms. The number of amides is 1. The van der Waals surface area contributed by atoms with Gasteiger partial charge in [0.1, 0.15) is 0 Å². The SMILES string of the molecule is C[C@@H]1CC(=O)Nc2cc(S(=O)(=O)N(Cc3cccs3)C3CCCC3)ccc2S1. The van der Waals surface area contributed by atoms with Crippen molar-refractivity contribution in [3.05, 3.63) is 40.6 Å². The van der Waals surface area contributed by atoms with E-state index in [-0.39, 0.29) is 22.1 Å². The molecule has 1 aliphatic heterocycles. The van der Waals surface area contributed by atoms with E-state index in [4.69, 9.17) is 0 Å². The third kappa shape index (κ3) is 4.15. The van der Waals surface area contributed by atoms with Crippen LogP contribution in [-0.4, -0.2) is 29.9 Å². The van der Waals surface area contributed by atoms with E-state index < -0.39 is 10.0 Å². The summed E-state index contributed by atoms with van der Waals surface area (Å²) in [4.78, 5) is 14.3. The molecular weight excluding hydrogens is 412 g/mol. The number of carbonyl (C=O) groups excluding carboxylic acids is 1. The number of nitrogens with zero attached hydrogens (tertiary/aromatic N) is 1. The van der Waals surface area contributed by atoms with E-state index in [2.05, 4.69) is 5.32 Å². The van der Waals surface area contributed by atoms with E-state index in [1.165, 1.54) is 0 Å². The highest BCUT2D eigenvalue weighted by molar-refractivity contribution is 8.00. The third-order valence-electron chi connectivity index (χ3n) is 5.26. The van der Waals surface area contributed by atoms with Gasteiger partial charge in [0.05, 0.1) is 10.6 Å². The van der Waals surface area contributed by atoms with Gasteiger partial charge in [-0.2, -0.15) is 4.31 Å². The fourth-order valence-electron chi connectivity index (χ4n) is 3.88. The highest BCUT2D eigenvalue weighted by Gasteiger charge is 2.34. The number of nitrogens with one attached hydrogen (secondary N) is 1. The Hall–Kier alpha value is -1.35. The number of rotatable bonds is 5. The lowest BCUT2D eigenvalue weighted by Crippen LogP contribution is -2.38. The normalized spacial score (nSPS) is 20.8. The van der Waals surface area contributed by atoms with E-state index in [1.54, 1.807) is 39.5 Å². The van der Waals surface area contributed by atoms with Gasteiger partial charge in [-0.3, -0.25) is 4.79 Å². The highest BCUT2D eigenvalue weighted by atomic mass is 32.2. The number of hydrogen-bond acceptors (Lipinski definition) is 5. The van der Waals surface area contributed by atoms with Crippen molar-refractivity contribution in [1.82, 2.24) is 4.31 Å². The zero-order valence-corrected chi connectivity index (χ0v) is 18.2. The minimum absolute atomic E-state index is 0.0369. The van der Waals surface area contributed by atoms with Crippen molar-refractivity contribution in [1.29, 1.82) is 0 Å². The second kappa shape index (κ2) is 8.18. The van der Waals surface area contributed by atoms with Crippen LogP contribution in [0.15, 0.2) is 45.5 Å². The standard InChI is InChI=1S/C20H24N2O3S3/c1-14-11-20(23)21-18-12-17(8-9-19(18)27-14)28(24,25)22(15-5-2-3-6-15)13-16-7-4-10-26-16/h4,7-10,12,14-15H,2-3,5-6,11,13H2,1H3,(H,21,23)/t14-/m1/s1. The topological polar surface area (TPSA) is 66.5 Å². The van der Waals surface area contributed by atoms with Gasteiger partial charge in [-0.15, -0.1) is 23.1 Å². The molecule has 1 aromatic heterocycles. The molecule has 4 rings (SSSR count). The van der Waals surface area contributed by atoms with Crippen LogP contribution in [0.2, 0.25) is 0 Å². The van der Waals surface area contributed by atoms with E-state index in [1.807, 2.05) is 30.5 Å². The zero-order chi connectivity index (χ0) is 19.7. The summed E-state index contributed by atoms with van der Waals surface area (Å²) in [7, 11) is -3.66. The first-order valence-corrected chi connectivity index (χ1v) is 12.8. The van der Waals surface area contributed by atoms with E-state index >= 15 is 0 Å². The predicted molar refractivity (Wildman–Crippen MR) is 114 cm³/mol. The monoisotopic (exact) mass is 436 g/mol. The van der Waals surface area contributed by atoms with Gasteiger partial charge in [0, 0.05) is 34.0 Å². The Morgan fingerprint density at radius 3 is 2.71 bits per heavy atom. The molecule has 1 atom stereocenters. The second-order valence-electron chi connectivity index (χ2n) is 7.41. The molecule has 1 fully saturated rings. The number of thiophene rings is 1. The van der Waals surface area contributed by atoms with Crippen LogP contribution in [0, 0.1) is 0 Å². The maximum Gasteiger partial charge on any atom is 0.243 e. The molecule has 2 aliphatic rings. The molecule has 0 saturated heterocycles. The third-order valence-corrected chi connectivity index (χ3v) is 9.19. The van der Waals surface area contributed by atoms with Crippen molar-refractivity contribution in [2.75, 3.05) is 5.32 Å². The van der Waals surface area contributed by atoms with Gasteiger partial charge in [0.25, 0.3) is 0 Å². The average Bonchev–Trinajstić information content (AvgIpc) is 3.31. The second-order valence-corrected chi connectivity index (χ2v) is 11.8. The Balaban J connectivity index is 1.69. The lowest BCUT2D eigenvalue weighted by atomic mass is 10.2. The van der Waals surface area contributed by atoms with Gasteiger partial charge in [-0.1, -0.05) is 25.8 Å². The molecule has 150 valence electrons. The van der Waals surface area contributed by atoms with Gasteiger partial charge in [-0.25, -0.2) is 8.42 Å². The number of fused-ring (bicyclic) bond motifs is 1. The summed E-state index contributed by atoms with van der Waals surface area (Å²) in [6.07, 6.45) is 4.36. The lowest BCUT2D eigenvalue weighted by molar-refractivity contribution is -0.116. The largest absolute Gasteiger partial charge is 0.325 e.